The van der Waals surface area contributed by atoms with Crippen LogP contribution in [0.1, 0.15) is 16.2 Å². The number of amides is 1. The first-order valence-corrected chi connectivity index (χ1v) is 5.24. The molecule has 0 aliphatic carbocycles. The van der Waals surface area contributed by atoms with E-state index in [0.29, 0.717) is 5.69 Å². The number of nitrogen functional groups attached to an aromatic ring is 1. The minimum absolute atomic E-state index is 0.101. The lowest BCUT2D eigenvalue weighted by molar-refractivity contribution is -0.385. The van der Waals surface area contributed by atoms with Crippen LogP contribution in [0.15, 0.2) is 30.6 Å². The van der Waals surface area contributed by atoms with Crippen LogP contribution in [-0.2, 0) is 6.54 Å². The van der Waals surface area contributed by atoms with Crippen LogP contribution in [0, 0.1) is 10.1 Å². The summed E-state index contributed by atoms with van der Waals surface area (Å²) in [6.45, 7) is 0.222. The topological polar surface area (TPSA) is 129 Å². The standard InChI is InChI=1S/C10H10N6O3/c11-14-10(17)9-3-1-2-7(13-9)5-15-6-8(4-12-15)16(18)19/h1-4,6H,5,11H2,(H,14,17). The lowest BCUT2D eigenvalue weighted by Crippen LogP contribution is -2.30. The molecule has 2 aromatic rings. The van der Waals surface area contributed by atoms with E-state index < -0.39 is 10.8 Å². The Kier molecular flexibility index (Phi) is 3.48. The highest BCUT2D eigenvalue weighted by atomic mass is 16.6. The number of nitro groups is 1. The third kappa shape index (κ3) is 2.90. The molecule has 0 bridgehead atoms. The van der Waals surface area contributed by atoms with Gasteiger partial charge in [-0.3, -0.25) is 25.0 Å². The molecule has 98 valence electrons. The zero-order valence-electron chi connectivity index (χ0n) is 9.68. The van der Waals surface area contributed by atoms with E-state index in [-0.39, 0.29) is 17.9 Å². The molecule has 2 heterocycles. The van der Waals surface area contributed by atoms with Crippen molar-refractivity contribution in [1.82, 2.24) is 20.2 Å². The number of carbonyl (C=O) groups excluding carboxylic acids is 1. The zero-order valence-corrected chi connectivity index (χ0v) is 9.68. The maximum atomic E-state index is 11.3. The summed E-state index contributed by atoms with van der Waals surface area (Å²) in [5.41, 5.74) is 2.59. The molecular formula is C10H10N6O3. The first-order chi connectivity index (χ1) is 9.10. The molecule has 0 aliphatic heterocycles. The monoisotopic (exact) mass is 262 g/mol. The summed E-state index contributed by atoms with van der Waals surface area (Å²) in [6, 6.07) is 4.84. The second-order valence-corrected chi connectivity index (χ2v) is 3.64. The van der Waals surface area contributed by atoms with Crippen molar-refractivity contribution in [1.29, 1.82) is 0 Å². The lowest BCUT2D eigenvalue weighted by Gasteiger charge is -2.03. The Balaban J connectivity index is 2.18. The molecule has 1 amide bonds. The van der Waals surface area contributed by atoms with Gasteiger partial charge >= 0.3 is 5.69 Å². The van der Waals surface area contributed by atoms with Gasteiger partial charge in [0.25, 0.3) is 5.91 Å². The largest absolute Gasteiger partial charge is 0.307 e. The van der Waals surface area contributed by atoms with Crippen LogP contribution >= 0.6 is 0 Å². The van der Waals surface area contributed by atoms with Gasteiger partial charge in [-0.05, 0) is 12.1 Å². The second-order valence-electron chi connectivity index (χ2n) is 3.64. The van der Waals surface area contributed by atoms with E-state index in [0.717, 1.165) is 6.20 Å². The third-order valence-electron chi connectivity index (χ3n) is 2.32. The molecule has 9 heteroatoms. The van der Waals surface area contributed by atoms with Crippen molar-refractivity contribution < 1.29 is 9.72 Å². The first kappa shape index (κ1) is 12.6. The van der Waals surface area contributed by atoms with Crippen molar-refractivity contribution in [3.05, 3.63) is 52.1 Å². The number of carbonyl (C=O) groups is 1. The fourth-order valence-electron chi connectivity index (χ4n) is 1.47. The van der Waals surface area contributed by atoms with Gasteiger partial charge in [-0.1, -0.05) is 6.07 Å². The van der Waals surface area contributed by atoms with Crippen molar-refractivity contribution in [2.24, 2.45) is 5.84 Å². The van der Waals surface area contributed by atoms with Crippen LogP contribution in [0.25, 0.3) is 0 Å². The number of nitrogens with one attached hydrogen (secondary N) is 1. The van der Waals surface area contributed by atoms with Gasteiger partial charge in [-0.2, -0.15) is 5.10 Å². The van der Waals surface area contributed by atoms with Gasteiger partial charge in [0.1, 0.15) is 18.1 Å². The van der Waals surface area contributed by atoms with E-state index in [2.05, 4.69) is 10.1 Å². The zero-order chi connectivity index (χ0) is 13.8. The van der Waals surface area contributed by atoms with Gasteiger partial charge in [0.2, 0.25) is 0 Å². The summed E-state index contributed by atoms with van der Waals surface area (Å²) >= 11 is 0. The van der Waals surface area contributed by atoms with Crippen LogP contribution in [0.5, 0.6) is 0 Å². The van der Waals surface area contributed by atoms with E-state index in [1.807, 2.05) is 5.43 Å². The van der Waals surface area contributed by atoms with Crippen LogP contribution in [0.4, 0.5) is 5.69 Å². The highest BCUT2D eigenvalue weighted by Crippen LogP contribution is 2.09. The van der Waals surface area contributed by atoms with Crippen LogP contribution < -0.4 is 11.3 Å². The summed E-state index contributed by atoms with van der Waals surface area (Å²) < 4.78 is 1.37. The number of aromatic nitrogens is 3. The van der Waals surface area contributed by atoms with Crippen molar-refractivity contribution in [3.63, 3.8) is 0 Å². The molecule has 0 saturated carbocycles. The molecule has 2 rings (SSSR count). The normalized spacial score (nSPS) is 10.2. The number of hydrogen-bond acceptors (Lipinski definition) is 6. The molecule has 0 radical (unpaired) electrons. The minimum atomic E-state index is -0.533. The van der Waals surface area contributed by atoms with Crippen LogP contribution in [-0.4, -0.2) is 25.6 Å². The number of nitrogens with zero attached hydrogens (tertiary/aromatic N) is 4. The Bertz CT molecular complexity index is 623. The van der Waals surface area contributed by atoms with E-state index >= 15 is 0 Å². The molecule has 19 heavy (non-hydrogen) atoms. The smallest absolute Gasteiger partial charge is 0.289 e. The maximum Gasteiger partial charge on any atom is 0.307 e. The predicted octanol–water partition coefficient (Wildman–Crippen LogP) is -0.162. The van der Waals surface area contributed by atoms with E-state index in [1.165, 1.54) is 16.9 Å². The maximum absolute atomic E-state index is 11.3. The van der Waals surface area contributed by atoms with Gasteiger partial charge in [-0.25, -0.2) is 10.8 Å². The summed E-state index contributed by atoms with van der Waals surface area (Å²) in [5.74, 6) is 4.51. The van der Waals surface area contributed by atoms with E-state index in [1.54, 1.807) is 12.1 Å². The van der Waals surface area contributed by atoms with E-state index in [9.17, 15) is 14.9 Å². The molecule has 0 saturated heterocycles. The average molecular weight is 262 g/mol. The van der Waals surface area contributed by atoms with Gasteiger partial charge in [0, 0.05) is 0 Å². The Hall–Kier alpha value is -2.81. The predicted molar refractivity (Wildman–Crippen MR) is 63.9 cm³/mol. The molecule has 9 nitrogen and oxygen atoms in total. The summed E-state index contributed by atoms with van der Waals surface area (Å²) in [5, 5.41) is 14.4. The average Bonchev–Trinajstić information content (AvgIpc) is 2.87. The number of hydrogen-bond donors (Lipinski definition) is 2. The first-order valence-electron chi connectivity index (χ1n) is 5.24. The van der Waals surface area contributed by atoms with Crippen LogP contribution in [0.2, 0.25) is 0 Å². The van der Waals surface area contributed by atoms with Crippen molar-refractivity contribution in [2.75, 3.05) is 0 Å². The molecule has 0 spiro atoms. The van der Waals surface area contributed by atoms with Gasteiger partial charge in [0.05, 0.1) is 17.2 Å². The highest BCUT2D eigenvalue weighted by molar-refractivity contribution is 5.91. The fourth-order valence-corrected chi connectivity index (χ4v) is 1.47. The molecule has 0 fully saturated rings. The Morgan fingerprint density at radius 2 is 2.32 bits per heavy atom. The van der Waals surface area contributed by atoms with Crippen LogP contribution in [0.3, 0.4) is 0 Å². The molecule has 0 aromatic carbocycles. The lowest BCUT2D eigenvalue weighted by atomic mass is 10.3. The SMILES string of the molecule is NNC(=O)c1cccc(Cn2cc([N+](=O)[O-])cn2)n1. The van der Waals surface area contributed by atoms with E-state index in [4.69, 9.17) is 5.84 Å². The number of hydrazine groups is 1. The van der Waals surface area contributed by atoms with Gasteiger partial charge in [-0.15, -0.1) is 0 Å². The number of nitrogens with two attached hydrogens (primary N) is 1. The molecular weight excluding hydrogens is 252 g/mol. The van der Waals surface area contributed by atoms with Crippen molar-refractivity contribution in [3.8, 4) is 0 Å². The molecule has 0 atom stereocenters. The molecule has 2 aromatic heterocycles. The Labute approximate surface area is 107 Å². The van der Waals surface area contributed by atoms with Gasteiger partial charge in [0.15, 0.2) is 0 Å². The Morgan fingerprint density at radius 3 is 2.95 bits per heavy atom. The van der Waals surface area contributed by atoms with Crippen molar-refractivity contribution >= 4 is 11.6 Å². The molecule has 0 unspecified atom stereocenters. The summed E-state index contributed by atoms with van der Waals surface area (Å²) in [7, 11) is 0. The summed E-state index contributed by atoms with van der Waals surface area (Å²) in [6.07, 6.45) is 2.44. The third-order valence-corrected chi connectivity index (χ3v) is 2.32. The molecule has 3 N–H and O–H groups in total. The minimum Gasteiger partial charge on any atom is -0.289 e. The fraction of sp³-hybridized carbons (Fsp3) is 0.100. The van der Waals surface area contributed by atoms with Gasteiger partial charge < -0.3 is 0 Å². The highest BCUT2D eigenvalue weighted by Gasteiger charge is 2.10. The molecule has 0 aliphatic rings. The number of rotatable bonds is 4. The quantitative estimate of drug-likeness (QED) is 0.341. The number of pyridine rings is 1. The van der Waals surface area contributed by atoms with Crippen molar-refractivity contribution in [2.45, 2.75) is 6.54 Å². The Morgan fingerprint density at radius 1 is 1.53 bits per heavy atom. The summed E-state index contributed by atoms with van der Waals surface area (Å²) in [4.78, 5) is 25.4. The second kappa shape index (κ2) is 5.23.